The summed E-state index contributed by atoms with van der Waals surface area (Å²) in [6.45, 7) is 0.762. The van der Waals surface area contributed by atoms with Gasteiger partial charge in [-0.3, -0.25) is 19.7 Å². The number of carbonyl (C=O) groups is 3. The lowest BCUT2D eigenvalue weighted by Crippen LogP contribution is -2.60. The minimum atomic E-state index is -0.815. The summed E-state index contributed by atoms with van der Waals surface area (Å²) in [5.41, 5.74) is 2.49. The number of amides is 2. The lowest BCUT2D eigenvalue weighted by atomic mass is 10.0. The molecule has 1 aliphatic rings. The highest BCUT2D eigenvalue weighted by Crippen LogP contribution is 2.19. The number of ether oxygens (including phenoxy) is 1. The van der Waals surface area contributed by atoms with Crippen molar-refractivity contribution in [1.82, 2.24) is 15.5 Å². The van der Waals surface area contributed by atoms with Gasteiger partial charge in [0.2, 0.25) is 5.91 Å². The van der Waals surface area contributed by atoms with Gasteiger partial charge in [0, 0.05) is 18.7 Å². The molecular formula is C21H21N3O4S. The number of hydrogen-bond donors (Lipinski definition) is 2. The van der Waals surface area contributed by atoms with Crippen LogP contribution >= 0.6 is 12.2 Å². The molecule has 2 amide bonds. The van der Waals surface area contributed by atoms with Crippen LogP contribution in [-0.4, -0.2) is 54.0 Å². The first kappa shape index (κ1) is 20.5. The number of nitrogens with zero attached hydrogens (tertiary/aromatic N) is 1. The van der Waals surface area contributed by atoms with Gasteiger partial charge < -0.3 is 15.0 Å². The number of nitrogens with one attached hydrogen (secondary N) is 2. The summed E-state index contributed by atoms with van der Waals surface area (Å²) in [6.07, 6.45) is -0.149. The SMILES string of the molecule is COC(=O)CC1C(=O)NCCN1C(=S)NC(=O)c1ccc(-c2ccccc2)cc1. The maximum atomic E-state index is 12.6. The van der Waals surface area contributed by atoms with Crippen molar-refractivity contribution in [3.63, 3.8) is 0 Å². The molecule has 1 fully saturated rings. The molecule has 150 valence electrons. The van der Waals surface area contributed by atoms with Gasteiger partial charge in [0.1, 0.15) is 6.04 Å². The van der Waals surface area contributed by atoms with E-state index in [1.54, 1.807) is 17.0 Å². The Morgan fingerprint density at radius 3 is 2.45 bits per heavy atom. The molecule has 1 aliphatic heterocycles. The Bertz CT molecular complexity index is 915. The molecular weight excluding hydrogens is 390 g/mol. The molecule has 7 nitrogen and oxygen atoms in total. The average molecular weight is 411 g/mol. The van der Waals surface area contributed by atoms with Crippen molar-refractivity contribution < 1.29 is 19.1 Å². The van der Waals surface area contributed by atoms with Crippen LogP contribution in [0.3, 0.4) is 0 Å². The van der Waals surface area contributed by atoms with Crippen LogP contribution in [0.5, 0.6) is 0 Å². The van der Waals surface area contributed by atoms with E-state index < -0.39 is 12.0 Å². The quantitative estimate of drug-likeness (QED) is 0.589. The lowest BCUT2D eigenvalue weighted by molar-refractivity contribution is -0.144. The number of piperazine rings is 1. The molecule has 0 bridgehead atoms. The van der Waals surface area contributed by atoms with Crippen LogP contribution in [0, 0.1) is 0 Å². The standard InChI is InChI=1S/C21H21N3O4S/c1-28-18(25)13-17-20(27)22-11-12-24(17)21(29)23-19(26)16-9-7-15(8-10-16)14-5-3-2-4-6-14/h2-10,17H,11-13H2,1H3,(H,22,27)(H,23,26,29). The summed E-state index contributed by atoms with van der Waals surface area (Å²) >= 11 is 5.33. The van der Waals surface area contributed by atoms with Crippen molar-refractivity contribution in [3.05, 3.63) is 60.2 Å². The first-order chi connectivity index (χ1) is 14.0. The number of benzene rings is 2. The second-order valence-corrected chi connectivity index (χ2v) is 6.87. The lowest BCUT2D eigenvalue weighted by Gasteiger charge is -2.36. The number of methoxy groups -OCH3 is 1. The fourth-order valence-corrected chi connectivity index (χ4v) is 3.40. The Hall–Kier alpha value is -3.26. The van der Waals surface area contributed by atoms with Crippen molar-refractivity contribution in [2.45, 2.75) is 12.5 Å². The van der Waals surface area contributed by atoms with Crippen molar-refractivity contribution in [2.24, 2.45) is 0 Å². The molecule has 2 N–H and O–H groups in total. The van der Waals surface area contributed by atoms with Gasteiger partial charge in [-0.1, -0.05) is 42.5 Å². The van der Waals surface area contributed by atoms with Gasteiger partial charge in [-0.15, -0.1) is 0 Å². The summed E-state index contributed by atoms with van der Waals surface area (Å²) in [5.74, 6) is -1.23. The van der Waals surface area contributed by atoms with Gasteiger partial charge in [0.25, 0.3) is 5.91 Å². The van der Waals surface area contributed by atoms with E-state index in [2.05, 4.69) is 15.4 Å². The number of carbonyl (C=O) groups excluding carboxylic acids is 3. The Morgan fingerprint density at radius 2 is 1.79 bits per heavy atom. The van der Waals surface area contributed by atoms with Crippen LogP contribution in [0.25, 0.3) is 11.1 Å². The number of hydrogen-bond acceptors (Lipinski definition) is 5. The monoisotopic (exact) mass is 411 g/mol. The van der Waals surface area contributed by atoms with E-state index in [1.165, 1.54) is 7.11 Å². The van der Waals surface area contributed by atoms with Gasteiger partial charge in [-0.2, -0.15) is 0 Å². The van der Waals surface area contributed by atoms with Crippen molar-refractivity contribution in [3.8, 4) is 11.1 Å². The minimum absolute atomic E-state index is 0.103. The third-order valence-corrected chi connectivity index (χ3v) is 4.99. The second kappa shape index (κ2) is 9.29. The zero-order valence-corrected chi connectivity index (χ0v) is 16.7. The summed E-state index contributed by atoms with van der Waals surface area (Å²) in [4.78, 5) is 37.9. The average Bonchev–Trinajstić information content (AvgIpc) is 2.75. The maximum Gasteiger partial charge on any atom is 0.308 e. The molecule has 2 aromatic rings. The van der Waals surface area contributed by atoms with Crippen molar-refractivity contribution in [1.29, 1.82) is 0 Å². The molecule has 0 saturated carbocycles. The molecule has 0 radical (unpaired) electrons. The Morgan fingerprint density at radius 1 is 1.14 bits per heavy atom. The van der Waals surface area contributed by atoms with Gasteiger partial charge >= 0.3 is 5.97 Å². The molecule has 2 aromatic carbocycles. The second-order valence-electron chi connectivity index (χ2n) is 6.48. The first-order valence-electron chi connectivity index (χ1n) is 9.11. The van der Waals surface area contributed by atoms with Crippen LogP contribution in [0.2, 0.25) is 0 Å². The molecule has 0 aliphatic carbocycles. The Kier molecular flexibility index (Phi) is 6.56. The third kappa shape index (κ3) is 4.97. The van der Waals surface area contributed by atoms with E-state index >= 15 is 0 Å². The van der Waals surface area contributed by atoms with E-state index in [0.29, 0.717) is 18.7 Å². The number of thiocarbonyl (C=S) groups is 1. The first-order valence-corrected chi connectivity index (χ1v) is 9.52. The fourth-order valence-electron chi connectivity index (χ4n) is 3.09. The summed E-state index contributed by atoms with van der Waals surface area (Å²) < 4.78 is 4.65. The zero-order chi connectivity index (χ0) is 20.8. The highest BCUT2D eigenvalue weighted by Gasteiger charge is 2.34. The van der Waals surface area contributed by atoms with E-state index in [4.69, 9.17) is 12.2 Å². The normalized spacial score (nSPS) is 16.0. The van der Waals surface area contributed by atoms with Crippen LogP contribution in [0.15, 0.2) is 54.6 Å². The van der Waals surface area contributed by atoms with E-state index in [9.17, 15) is 14.4 Å². The topological polar surface area (TPSA) is 87.7 Å². The Balaban J connectivity index is 1.68. The predicted octanol–water partition coefficient (Wildman–Crippen LogP) is 1.73. The van der Waals surface area contributed by atoms with Crippen LogP contribution in [0.1, 0.15) is 16.8 Å². The van der Waals surface area contributed by atoms with E-state index in [1.807, 2.05) is 42.5 Å². The molecule has 0 spiro atoms. The number of rotatable bonds is 4. The predicted molar refractivity (Wildman–Crippen MR) is 112 cm³/mol. The molecule has 3 rings (SSSR count). The molecule has 1 saturated heterocycles. The zero-order valence-electron chi connectivity index (χ0n) is 15.9. The summed E-state index contributed by atoms with van der Waals surface area (Å²) in [5, 5.41) is 5.45. The summed E-state index contributed by atoms with van der Waals surface area (Å²) in [7, 11) is 1.26. The van der Waals surface area contributed by atoms with Crippen molar-refractivity contribution in [2.75, 3.05) is 20.2 Å². The van der Waals surface area contributed by atoms with Gasteiger partial charge in [0.05, 0.1) is 13.5 Å². The Labute approximate surface area is 174 Å². The largest absolute Gasteiger partial charge is 0.469 e. The van der Waals surface area contributed by atoms with Gasteiger partial charge in [0.15, 0.2) is 5.11 Å². The molecule has 8 heteroatoms. The van der Waals surface area contributed by atoms with Crippen molar-refractivity contribution >= 4 is 35.1 Å². The van der Waals surface area contributed by atoms with Crippen LogP contribution in [-0.2, 0) is 14.3 Å². The molecule has 29 heavy (non-hydrogen) atoms. The highest BCUT2D eigenvalue weighted by atomic mass is 32.1. The van der Waals surface area contributed by atoms with Crippen LogP contribution in [0.4, 0.5) is 0 Å². The smallest absolute Gasteiger partial charge is 0.308 e. The van der Waals surface area contributed by atoms with E-state index in [0.717, 1.165) is 11.1 Å². The van der Waals surface area contributed by atoms with Gasteiger partial charge in [-0.05, 0) is 35.5 Å². The maximum absolute atomic E-state index is 12.6. The molecule has 0 aromatic heterocycles. The molecule has 1 unspecified atom stereocenters. The highest BCUT2D eigenvalue weighted by molar-refractivity contribution is 7.80. The third-order valence-electron chi connectivity index (χ3n) is 4.65. The fraction of sp³-hybridized carbons (Fsp3) is 0.238. The molecule has 1 atom stereocenters. The van der Waals surface area contributed by atoms with Crippen LogP contribution < -0.4 is 10.6 Å². The minimum Gasteiger partial charge on any atom is -0.469 e. The summed E-state index contributed by atoms with van der Waals surface area (Å²) in [6, 6.07) is 16.2. The van der Waals surface area contributed by atoms with Gasteiger partial charge in [-0.25, -0.2) is 0 Å². The molecule has 1 heterocycles. The number of esters is 1. The van der Waals surface area contributed by atoms with E-state index in [-0.39, 0.29) is 23.3 Å².